The van der Waals surface area contributed by atoms with E-state index in [2.05, 4.69) is 4.90 Å². The maximum Gasteiger partial charge on any atom is 0.238 e. The van der Waals surface area contributed by atoms with E-state index >= 15 is 0 Å². The van der Waals surface area contributed by atoms with Gasteiger partial charge in [0.2, 0.25) is 11.8 Å². The van der Waals surface area contributed by atoms with E-state index in [1.807, 2.05) is 17.0 Å². The second-order valence-corrected chi connectivity index (χ2v) is 8.42. The van der Waals surface area contributed by atoms with Gasteiger partial charge in [0.15, 0.2) is 0 Å². The molecule has 2 bridgehead atoms. The lowest BCUT2D eigenvalue weighted by Gasteiger charge is -2.51. The van der Waals surface area contributed by atoms with Crippen LogP contribution in [0.4, 0.5) is 4.39 Å². The number of amides is 2. The van der Waals surface area contributed by atoms with E-state index in [-0.39, 0.29) is 29.7 Å². The second-order valence-electron chi connectivity index (χ2n) is 8.42. The van der Waals surface area contributed by atoms with Crippen LogP contribution in [0.2, 0.25) is 0 Å². The molecule has 5 aliphatic rings. The van der Waals surface area contributed by atoms with Crippen molar-refractivity contribution in [2.75, 3.05) is 19.6 Å². The number of primary amides is 1. The molecule has 5 fully saturated rings. The van der Waals surface area contributed by atoms with Crippen LogP contribution in [0.3, 0.4) is 0 Å². The molecular weight excluding hydrogens is 333 g/mol. The molecule has 2 N–H and O–H groups in total. The smallest absolute Gasteiger partial charge is 0.238 e. The van der Waals surface area contributed by atoms with Gasteiger partial charge >= 0.3 is 0 Å². The fraction of sp³-hybridized carbons (Fsp3) is 0.600. The molecule has 138 valence electrons. The Labute approximate surface area is 152 Å². The van der Waals surface area contributed by atoms with Gasteiger partial charge in [0.05, 0.1) is 6.04 Å². The van der Waals surface area contributed by atoms with Crippen LogP contribution in [0, 0.1) is 17.2 Å². The Morgan fingerprint density at radius 2 is 1.73 bits per heavy atom. The van der Waals surface area contributed by atoms with E-state index < -0.39 is 11.3 Å². The van der Waals surface area contributed by atoms with E-state index in [9.17, 15) is 14.0 Å². The summed E-state index contributed by atoms with van der Waals surface area (Å²) in [6.07, 6.45) is 3.35. The van der Waals surface area contributed by atoms with Gasteiger partial charge in [0, 0.05) is 18.5 Å². The highest BCUT2D eigenvalue weighted by Gasteiger charge is 2.62. The predicted octanol–water partition coefficient (Wildman–Crippen LogP) is 1.48. The van der Waals surface area contributed by atoms with Crippen LogP contribution in [-0.4, -0.2) is 53.3 Å². The molecule has 0 aromatic heterocycles. The van der Waals surface area contributed by atoms with Gasteiger partial charge in [-0.05, 0) is 62.4 Å². The molecule has 4 saturated heterocycles. The SMILES string of the molecule is NC(=O)C1(C(=O)N2C[C@H](c3ccc(F)cc3)[C@H]3[C@@H]2C2CCN3CC2)CC1. The number of benzene rings is 1. The van der Waals surface area contributed by atoms with Gasteiger partial charge < -0.3 is 10.6 Å². The molecule has 0 spiro atoms. The molecule has 1 aliphatic carbocycles. The highest BCUT2D eigenvalue weighted by atomic mass is 19.1. The normalized spacial score (nSPS) is 36.7. The standard InChI is InChI=1S/C20H24FN3O2/c21-14-3-1-12(2-4-14)15-11-24(19(26)20(7-8-20)18(22)25)16-13-5-9-23(10-6-13)17(15)16/h1-4,13,15-17H,5-11H2,(H2,22,25)/t15-,16+,17+/m1/s1. The number of nitrogens with two attached hydrogens (primary N) is 1. The molecule has 0 radical (unpaired) electrons. The van der Waals surface area contributed by atoms with E-state index in [4.69, 9.17) is 5.73 Å². The van der Waals surface area contributed by atoms with E-state index in [1.165, 1.54) is 12.1 Å². The zero-order valence-electron chi connectivity index (χ0n) is 14.7. The van der Waals surface area contributed by atoms with Gasteiger partial charge in [-0.15, -0.1) is 0 Å². The third-order valence-electron chi connectivity index (χ3n) is 7.18. The van der Waals surface area contributed by atoms with E-state index in [1.54, 1.807) is 0 Å². The number of carbonyl (C=O) groups excluding carboxylic acids is 2. The summed E-state index contributed by atoms with van der Waals surface area (Å²) in [5.74, 6) is -0.143. The Balaban J connectivity index is 1.52. The first kappa shape index (κ1) is 16.2. The highest BCUT2D eigenvalue weighted by Crippen LogP contribution is 2.52. The number of fused-ring (bicyclic) bond motifs is 2. The van der Waals surface area contributed by atoms with Crippen molar-refractivity contribution in [3.8, 4) is 0 Å². The minimum absolute atomic E-state index is 0.0710. The summed E-state index contributed by atoms with van der Waals surface area (Å²) in [7, 11) is 0. The maximum atomic E-state index is 13.4. The molecule has 3 atom stereocenters. The molecule has 5 nitrogen and oxygen atoms in total. The van der Waals surface area contributed by atoms with Gasteiger partial charge in [-0.1, -0.05) is 12.1 Å². The molecule has 4 heterocycles. The summed E-state index contributed by atoms with van der Waals surface area (Å²) < 4.78 is 13.4. The lowest BCUT2D eigenvalue weighted by atomic mass is 9.75. The first-order valence-electron chi connectivity index (χ1n) is 9.62. The van der Waals surface area contributed by atoms with Crippen LogP contribution < -0.4 is 5.73 Å². The number of piperidine rings is 3. The van der Waals surface area contributed by atoms with Crippen LogP contribution >= 0.6 is 0 Å². The van der Waals surface area contributed by atoms with Crippen molar-refractivity contribution in [3.63, 3.8) is 0 Å². The van der Waals surface area contributed by atoms with Gasteiger partial charge in [-0.2, -0.15) is 0 Å². The number of hydrogen-bond acceptors (Lipinski definition) is 3. The average molecular weight is 357 g/mol. The first-order chi connectivity index (χ1) is 12.5. The van der Waals surface area contributed by atoms with Crippen LogP contribution in [-0.2, 0) is 9.59 Å². The predicted molar refractivity (Wildman–Crippen MR) is 93.6 cm³/mol. The van der Waals surface area contributed by atoms with E-state index in [0.29, 0.717) is 25.3 Å². The average Bonchev–Trinajstić information content (AvgIpc) is 3.37. The fourth-order valence-corrected chi connectivity index (χ4v) is 5.62. The zero-order valence-corrected chi connectivity index (χ0v) is 14.7. The Hall–Kier alpha value is -1.95. The summed E-state index contributed by atoms with van der Waals surface area (Å²) >= 11 is 0. The van der Waals surface area contributed by atoms with Crippen LogP contribution in [0.5, 0.6) is 0 Å². The molecule has 2 amide bonds. The van der Waals surface area contributed by atoms with Crippen LogP contribution in [0.1, 0.15) is 37.2 Å². The van der Waals surface area contributed by atoms with Gasteiger partial charge in [0.25, 0.3) is 0 Å². The second kappa shape index (κ2) is 5.52. The number of rotatable bonds is 3. The fourth-order valence-electron chi connectivity index (χ4n) is 5.62. The van der Waals surface area contributed by atoms with Crippen molar-refractivity contribution in [3.05, 3.63) is 35.6 Å². The van der Waals surface area contributed by atoms with Crippen molar-refractivity contribution in [1.29, 1.82) is 0 Å². The third-order valence-corrected chi connectivity index (χ3v) is 7.18. The summed E-state index contributed by atoms with van der Waals surface area (Å²) in [5.41, 5.74) is 5.68. The summed E-state index contributed by atoms with van der Waals surface area (Å²) in [6.45, 7) is 2.72. The Kier molecular flexibility index (Phi) is 3.45. The van der Waals surface area contributed by atoms with Crippen molar-refractivity contribution < 1.29 is 14.0 Å². The van der Waals surface area contributed by atoms with Crippen molar-refractivity contribution >= 4 is 11.8 Å². The Morgan fingerprint density at radius 1 is 1.08 bits per heavy atom. The Morgan fingerprint density at radius 3 is 2.31 bits per heavy atom. The molecule has 0 unspecified atom stereocenters. The Bertz CT molecular complexity index is 753. The number of likely N-dealkylation sites (tertiary alicyclic amines) is 1. The quantitative estimate of drug-likeness (QED) is 0.834. The molecule has 1 aromatic carbocycles. The number of carbonyl (C=O) groups is 2. The molecule has 4 aliphatic heterocycles. The molecule has 1 aromatic rings. The summed E-state index contributed by atoms with van der Waals surface area (Å²) in [4.78, 5) is 29.7. The first-order valence-corrected chi connectivity index (χ1v) is 9.62. The van der Waals surface area contributed by atoms with Gasteiger partial charge in [-0.3, -0.25) is 14.5 Å². The maximum absolute atomic E-state index is 13.4. The zero-order chi connectivity index (χ0) is 18.1. The van der Waals surface area contributed by atoms with Gasteiger partial charge in [0.1, 0.15) is 11.2 Å². The topological polar surface area (TPSA) is 66.6 Å². The van der Waals surface area contributed by atoms with Gasteiger partial charge in [-0.25, -0.2) is 4.39 Å². The lowest BCUT2D eigenvalue weighted by Crippen LogP contribution is -2.61. The number of halogens is 1. The molecule has 6 heteroatoms. The minimum Gasteiger partial charge on any atom is -0.369 e. The number of hydrogen-bond donors (Lipinski definition) is 1. The van der Waals surface area contributed by atoms with Crippen molar-refractivity contribution in [2.24, 2.45) is 17.1 Å². The third kappa shape index (κ3) is 2.17. The molecule has 26 heavy (non-hydrogen) atoms. The molecular formula is C20H24FN3O2. The van der Waals surface area contributed by atoms with E-state index in [0.717, 1.165) is 31.5 Å². The van der Waals surface area contributed by atoms with Crippen LogP contribution in [0.15, 0.2) is 24.3 Å². The molecule has 6 rings (SSSR count). The van der Waals surface area contributed by atoms with Crippen LogP contribution in [0.25, 0.3) is 0 Å². The number of nitrogens with zero attached hydrogens (tertiary/aromatic N) is 2. The minimum atomic E-state index is -0.964. The lowest BCUT2D eigenvalue weighted by molar-refractivity contribution is -0.146. The van der Waals surface area contributed by atoms with Crippen molar-refractivity contribution in [2.45, 2.75) is 43.7 Å². The highest BCUT2D eigenvalue weighted by molar-refractivity contribution is 6.07. The van der Waals surface area contributed by atoms with Crippen molar-refractivity contribution in [1.82, 2.24) is 9.80 Å². The summed E-state index contributed by atoms with van der Waals surface area (Å²) in [5, 5.41) is 0. The molecule has 1 saturated carbocycles. The largest absolute Gasteiger partial charge is 0.369 e. The summed E-state index contributed by atoms with van der Waals surface area (Å²) in [6, 6.07) is 7.09. The monoisotopic (exact) mass is 357 g/mol.